The van der Waals surface area contributed by atoms with Crippen molar-refractivity contribution in [1.29, 1.82) is 0 Å². The van der Waals surface area contributed by atoms with Crippen LogP contribution in [0, 0.1) is 6.92 Å². The minimum absolute atomic E-state index is 0.310. The van der Waals surface area contributed by atoms with Crippen molar-refractivity contribution in [1.82, 2.24) is 5.32 Å². The predicted octanol–water partition coefficient (Wildman–Crippen LogP) is 1.36. The zero-order chi connectivity index (χ0) is 11.6. The van der Waals surface area contributed by atoms with Gasteiger partial charge in [0.25, 0.3) is 0 Å². The molecule has 3 heteroatoms. The summed E-state index contributed by atoms with van der Waals surface area (Å²) in [7, 11) is 0. The lowest BCUT2D eigenvalue weighted by atomic mass is 9.87. The van der Waals surface area contributed by atoms with Crippen LogP contribution >= 0.6 is 0 Å². The molecule has 0 aromatic heterocycles. The molecule has 88 valence electrons. The van der Waals surface area contributed by atoms with E-state index in [1.807, 2.05) is 19.1 Å². The number of hydrogen-bond acceptors (Lipinski definition) is 3. The number of aliphatic hydroxyl groups is 1. The number of hydrogen-bond donors (Lipinski definition) is 3. The summed E-state index contributed by atoms with van der Waals surface area (Å²) in [5, 5.41) is 23.2. The van der Waals surface area contributed by atoms with Gasteiger partial charge in [-0.15, -0.1) is 0 Å². The lowest BCUT2D eigenvalue weighted by molar-refractivity contribution is 0.0169. The van der Waals surface area contributed by atoms with Crippen molar-refractivity contribution in [3.05, 3.63) is 29.3 Å². The predicted molar refractivity (Wildman–Crippen MR) is 63.6 cm³/mol. The highest BCUT2D eigenvalue weighted by atomic mass is 16.3. The molecule has 1 aromatic rings. The van der Waals surface area contributed by atoms with Crippen LogP contribution < -0.4 is 5.32 Å². The fourth-order valence-electron chi connectivity index (χ4n) is 2.25. The Balaban J connectivity index is 2.10. The van der Waals surface area contributed by atoms with E-state index in [1.165, 1.54) is 0 Å². The smallest absolute Gasteiger partial charge is 0.118 e. The Morgan fingerprint density at radius 1 is 1.44 bits per heavy atom. The normalized spacial score (nSPS) is 25.6. The molecule has 1 saturated heterocycles. The van der Waals surface area contributed by atoms with Crippen molar-refractivity contribution in [3.63, 3.8) is 0 Å². The Kier molecular flexibility index (Phi) is 3.17. The number of phenols is 1. The van der Waals surface area contributed by atoms with Crippen molar-refractivity contribution < 1.29 is 10.2 Å². The third-order valence-electron chi connectivity index (χ3n) is 3.26. The van der Waals surface area contributed by atoms with Crippen LogP contribution in [-0.4, -0.2) is 28.9 Å². The SMILES string of the molecule is Cc1ccc(CC2(O)CCCNC2)cc1O. The summed E-state index contributed by atoms with van der Waals surface area (Å²) >= 11 is 0. The molecule has 0 bridgehead atoms. The molecule has 3 nitrogen and oxygen atoms in total. The molecular weight excluding hydrogens is 202 g/mol. The van der Waals surface area contributed by atoms with Crippen LogP contribution in [0.4, 0.5) is 0 Å². The molecule has 0 amide bonds. The average molecular weight is 221 g/mol. The molecule has 1 aliphatic heterocycles. The molecule has 1 aromatic carbocycles. The summed E-state index contributed by atoms with van der Waals surface area (Å²) < 4.78 is 0. The van der Waals surface area contributed by atoms with Crippen LogP contribution in [-0.2, 0) is 6.42 Å². The maximum absolute atomic E-state index is 10.3. The molecule has 3 N–H and O–H groups in total. The summed E-state index contributed by atoms with van der Waals surface area (Å²) in [6, 6.07) is 5.62. The first-order valence-electron chi connectivity index (χ1n) is 5.81. The highest BCUT2D eigenvalue weighted by molar-refractivity contribution is 5.35. The van der Waals surface area contributed by atoms with Gasteiger partial charge in [-0.3, -0.25) is 0 Å². The molecule has 1 unspecified atom stereocenters. The summed E-state index contributed by atoms with van der Waals surface area (Å²) in [5.74, 6) is 0.310. The quantitative estimate of drug-likeness (QED) is 0.706. The first-order chi connectivity index (χ1) is 7.59. The van der Waals surface area contributed by atoms with Crippen molar-refractivity contribution in [2.45, 2.75) is 31.8 Å². The fourth-order valence-corrected chi connectivity index (χ4v) is 2.25. The van der Waals surface area contributed by atoms with Crippen LogP contribution in [0.3, 0.4) is 0 Å². The Labute approximate surface area is 96.1 Å². The molecule has 0 aliphatic carbocycles. The van der Waals surface area contributed by atoms with E-state index in [9.17, 15) is 10.2 Å². The highest BCUT2D eigenvalue weighted by Gasteiger charge is 2.29. The minimum Gasteiger partial charge on any atom is -0.508 e. The average Bonchev–Trinajstić information content (AvgIpc) is 2.24. The number of piperidine rings is 1. The van der Waals surface area contributed by atoms with E-state index in [0.29, 0.717) is 18.7 Å². The number of aromatic hydroxyl groups is 1. The van der Waals surface area contributed by atoms with Crippen molar-refractivity contribution in [2.75, 3.05) is 13.1 Å². The van der Waals surface area contributed by atoms with Crippen molar-refractivity contribution >= 4 is 0 Å². The van der Waals surface area contributed by atoms with E-state index in [1.54, 1.807) is 6.07 Å². The van der Waals surface area contributed by atoms with Crippen molar-refractivity contribution in [3.8, 4) is 5.75 Å². The van der Waals surface area contributed by atoms with Crippen LogP contribution in [0.1, 0.15) is 24.0 Å². The summed E-state index contributed by atoms with van der Waals surface area (Å²) in [6.45, 7) is 3.50. The van der Waals surface area contributed by atoms with E-state index in [0.717, 1.165) is 30.5 Å². The van der Waals surface area contributed by atoms with Gasteiger partial charge in [-0.05, 0) is 43.5 Å². The monoisotopic (exact) mass is 221 g/mol. The van der Waals surface area contributed by atoms with E-state index in [-0.39, 0.29) is 0 Å². The molecule has 1 fully saturated rings. The molecule has 0 radical (unpaired) electrons. The number of benzene rings is 1. The standard InChI is InChI=1S/C13H19NO2/c1-10-3-4-11(7-12(10)15)8-13(16)5-2-6-14-9-13/h3-4,7,14-16H,2,5-6,8-9H2,1H3. The number of phenolic OH excluding ortho intramolecular Hbond substituents is 1. The molecule has 0 saturated carbocycles. The largest absolute Gasteiger partial charge is 0.508 e. The van der Waals surface area contributed by atoms with Gasteiger partial charge in [0.2, 0.25) is 0 Å². The number of aryl methyl sites for hydroxylation is 1. The Morgan fingerprint density at radius 3 is 2.88 bits per heavy atom. The van der Waals surface area contributed by atoms with Gasteiger partial charge >= 0.3 is 0 Å². The highest BCUT2D eigenvalue weighted by Crippen LogP contribution is 2.24. The molecule has 1 aliphatic rings. The molecule has 1 heterocycles. The maximum atomic E-state index is 10.3. The zero-order valence-corrected chi connectivity index (χ0v) is 9.66. The second-order valence-corrected chi connectivity index (χ2v) is 4.80. The summed E-state index contributed by atoms with van der Waals surface area (Å²) in [5.41, 5.74) is 1.21. The Morgan fingerprint density at radius 2 is 2.25 bits per heavy atom. The third-order valence-corrected chi connectivity index (χ3v) is 3.26. The van der Waals surface area contributed by atoms with Gasteiger partial charge < -0.3 is 15.5 Å². The van der Waals surface area contributed by atoms with E-state index < -0.39 is 5.60 Å². The van der Waals surface area contributed by atoms with Gasteiger partial charge in [0.15, 0.2) is 0 Å². The fraction of sp³-hybridized carbons (Fsp3) is 0.538. The summed E-state index contributed by atoms with van der Waals surface area (Å²) in [4.78, 5) is 0. The third kappa shape index (κ3) is 2.54. The first kappa shape index (κ1) is 11.4. The summed E-state index contributed by atoms with van der Waals surface area (Å²) in [6.07, 6.45) is 2.44. The van der Waals surface area contributed by atoms with Crippen molar-refractivity contribution in [2.24, 2.45) is 0 Å². The molecule has 0 spiro atoms. The lowest BCUT2D eigenvalue weighted by Gasteiger charge is -2.32. The van der Waals surface area contributed by atoms with Gasteiger partial charge in [-0.1, -0.05) is 12.1 Å². The van der Waals surface area contributed by atoms with E-state index in [2.05, 4.69) is 5.32 Å². The van der Waals surface area contributed by atoms with E-state index in [4.69, 9.17) is 0 Å². The molecule has 16 heavy (non-hydrogen) atoms. The second-order valence-electron chi connectivity index (χ2n) is 4.80. The Hall–Kier alpha value is -1.06. The minimum atomic E-state index is -0.653. The van der Waals surface area contributed by atoms with Crippen LogP contribution in [0.5, 0.6) is 5.75 Å². The van der Waals surface area contributed by atoms with Gasteiger partial charge in [0, 0.05) is 13.0 Å². The van der Waals surface area contributed by atoms with Gasteiger partial charge in [0.1, 0.15) is 5.75 Å². The molecular formula is C13H19NO2. The first-order valence-corrected chi connectivity index (χ1v) is 5.81. The number of β-amino-alcohol motifs (C(OH)–C–C–N with tert-alkyl or cyclic N) is 1. The van der Waals surface area contributed by atoms with Gasteiger partial charge in [-0.2, -0.15) is 0 Å². The molecule has 1 atom stereocenters. The number of rotatable bonds is 2. The van der Waals surface area contributed by atoms with Gasteiger partial charge in [-0.25, -0.2) is 0 Å². The maximum Gasteiger partial charge on any atom is 0.118 e. The number of nitrogens with one attached hydrogen (secondary N) is 1. The molecule has 2 rings (SSSR count). The van der Waals surface area contributed by atoms with Gasteiger partial charge in [0.05, 0.1) is 5.60 Å². The second kappa shape index (κ2) is 4.44. The lowest BCUT2D eigenvalue weighted by Crippen LogP contribution is -2.47. The Bertz CT molecular complexity index is 370. The van der Waals surface area contributed by atoms with Crippen LogP contribution in [0.25, 0.3) is 0 Å². The van der Waals surface area contributed by atoms with Crippen LogP contribution in [0.2, 0.25) is 0 Å². The topological polar surface area (TPSA) is 52.5 Å². The van der Waals surface area contributed by atoms with Crippen LogP contribution in [0.15, 0.2) is 18.2 Å². The van der Waals surface area contributed by atoms with E-state index >= 15 is 0 Å². The zero-order valence-electron chi connectivity index (χ0n) is 9.66.